The molecule has 1 saturated heterocycles. The van der Waals surface area contributed by atoms with Crippen molar-refractivity contribution in [2.75, 3.05) is 0 Å². The molecule has 6 nitrogen and oxygen atoms in total. The van der Waals surface area contributed by atoms with Gasteiger partial charge in [-0.2, -0.15) is 0 Å². The van der Waals surface area contributed by atoms with E-state index < -0.39 is 17.8 Å². The molecule has 0 radical (unpaired) electrons. The number of hydrogen-bond donors (Lipinski definition) is 2. The molecule has 1 fully saturated rings. The van der Waals surface area contributed by atoms with Gasteiger partial charge in [0.1, 0.15) is 11.4 Å². The average molecular weight is 299 g/mol. The van der Waals surface area contributed by atoms with E-state index in [1.54, 1.807) is 35.0 Å². The van der Waals surface area contributed by atoms with E-state index >= 15 is 0 Å². The first kappa shape index (κ1) is 13.7. The van der Waals surface area contributed by atoms with Gasteiger partial charge >= 0.3 is 6.03 Å². The minimum absolute atomic E-state index is 0.179. The highest BCUT2D eigenvalue weighted by molar-refractivity contribution is 6.31. The summed E-state index contributed by atoms with van der Waals surface area (Å²) < 4.78 is 14.7. The molecule has 0 bridgehead atoms. The molecule has 2 heterocycles. The van der Waals surface area contributed by atoms with Gasteiger partial charge < -0.3 is 4.57 Å². The van der Waals surface area contributed by atoms with Crippen molar-refractivity contribution in [3.05, 3.63) is 59.7 Å². The highest BCUT2D eigenvalue weighted by atomic mass is 19.1. The molecule has 2 aromatic rings. The van der Waals surface area contributed by atoms with Crippen molar-refractivity contribution in [2.45, 2.75) is 0 Å². The Labute approximate surface area is 124 Å². The number of carbonyl (C=O) groups is 3. The van der Waals surface area contributed by atoms with E-state index in [2.05, 4.69) is 0 Å². The molecule has 0 aliphatic carbocycles. The zero-order valence-electron chi connectivity index (χ0n) is 11.2. The summed E-state index contributed by atoms with van der Waals surface area (Å²) in [6.45, 7) is 0. The van der Waals surface area contributed by atoms with Crippen molar-refractivity contribution in [3.63, 3.8) is 0 Å². The fraction of sp³-hybridized carbons (Fsp3) is 0. The van der Waals surface area contributed by atoms with Crippen molar-refractivity contribution in [3.8, 4) is 5.69 Å². The zero-order valence-corrected chi connectivity index (χ0v) is 11.2. The number of hydrogen-bond acceptors (Lipinski definition) is 3. The lowest BCUT2D eigenvalue weighted by molar-refractivity contribution is -0.123. The highest BCUT2D eigenvalue weighted by Gasteiger charge is 2.27. The number of nitrogens with zero attached hydrogens (tertiary/aromatic N) is 1. The number of amides is 4. The van der Waals surface area contributed by atoms with E-state index in [1.165, 1.54) is 18.2 Å². The maximum absolute atomic E-state index is 13.0. The van der Waals surface area contributed by atoms with Crippen LogP contribution in [0.4, 0.5) is 9.18 Å². The maximum atomic E-state index is 13.0. The molecular weight excluding hydrogens is 289 g/mol. The summed E-state index contributed by atoms with van der Waals surface area (Å²) in [4.78, 5) is 34.4. The molecule has 22 heavy (non-hydrogen) atoms. The van der Waals surface area contributed by atoms with Crippen LogP contribution in [0.25, 0.3) is 11.8 Å². The van der Waals surface area contributed by atoms with Gasteiger partial charge in [-0.15, -0.1) is 0 Å². The Hall–Kier alpha value is -3.22. The molecule has 1 aliphatic heterocycles. The van der Waals surface area contributed by atoms with Crippen molar-refractivity contribution in [1.29, 1.82) is 0 Å². The first-order valence-corrected chi connectivity index (χ1v) is 6.36. The molecule has 4 amide bonds. The largest absolute Gasteiger partial charge is 0.328 e. The maximum Gasteiger partial charge on any atom is 0.328 e. The molecule has 0 atom stereocenters. The lowest BCUT2D eigenvalue weighted by Gasteiger charge is -2.14. The smallest absolute Gasteiger partial charge is 0.317 e. The van der Waals surface area contributed by atoms with Gasteiger partial charge in [-0.1, -0.05) is 0 Å². The van der Waals surface area contributed by atoms with E-state index in [4.69, 9.17) is 0 Å². The Kier molecular flexibility index (Phi) is 3.30. The van der Waals surface area contributed by atoms with Crippen LogP contribution in [0.5, 0.6) is 0 Å². The summed E-state index contributed by atoms with van der Waals surface area (Å²) in [6.07, 6.45) is 3.07. The number of barbiturate groups is 1. The van der Waals surface area contributed by atoms with Gasteiger partial charge in [-0.25, -0.2) is 9.18 Å². The van der Waals surface area contributed by atoms with Gasteiger partial charge in [0.15, 0.2) is 0 Å². The summed E-state index contributed by atoms with van der Waals surface area (Å²) in [5.41, 5.74) is 1.04. The molecule has 1 aromatic heterocycles. The Morgan fingerprint density at radius 2 is 1.59 bits per heavy atom. The van der Waals surface area contributed by atoms with E-state index in [0.717, 1.165) is 0 Å². The van der Waals surface area contributed by atoms with Gasteiger partial charge in [0, 0.05) is 17.6 Å². The van der Waals surface area contributed by atoms with Crippen LogP contribution in [0.3, 0.4) is 0 Å². The number of carbonyl (C=O) groups excluding carboxylic acids is 3. The third-order valence-corrected chi connectivity index (χ3v) is 3.12. The number of urea groups is 1. The summed E-state index contributed by atoms with van der Waals surface area (Å²) in [7, 11) is 0. The predicted octanol–water partition coefficient (Wildman–Crippen LogP) is 1.37. The Bertz CT molecular complexity index is 784. The topological polar surface area (TPSA) is 80.2 Å². The Balaban J connectivity index is 2.00. The molecule has 110 valence electrons. The van der Waals surface area contributed by atoms with Crippen LogP contribution < -0.4 is 10.6 Å². The molecule has 2 N–H and O–H groups in total. The van der Waals surface area contributed by atoms with E-state index in [9.17, 15) is 18.8 Å². The van der Waals surface area contributed by atoms with Crippen LogP contribution in [0.15, 0.2) is 48.2 Å². The van der Waals surface area contributed by atoms with E-state index in [-0.39, 0.29) is 11.4 Å². The quantitative estimate of drug-likeness (QED) is 0.649. The lowest BCUT2D eigenvalue weighted by atomic mass is 10.1. The Morgan fingerprint density at radius 3 is 2.23 bits per heavy atom. The van der Waals surface area contributed by atoms with Crippen LogP contribution in [0.1, 0.15) is 5.69 Å². The standard InChI is InChI=1S/C15H10FN3O3/c16-9-3-5-10(6-4-9)19-7-1-2-11(19)8-12-13(20)17-15(22)18-14(12)21/h1-8H,(H2,17,18,20,21,22). The van der Waals surface area contributed by atoms with E-state index in [1.807, 2.05) is 10.6 Å². The van der Waals surface area contributed by atoms with Crippen LogP contribution in [0.2, 0.25) is 0 Å². The molecule has 0 unspecified atom stereocenters. The van der Waals surface area contributed by atoms with E-state index in [0.29, 0.717) is 11.4 Å². The van der Waals surface area contributed by atoms with Gasteiger partial charge in [0.2, 0.25) is 0 Å². The molecule has 3 rings (SSSR count). The minimum Gasteiger partial charge on any atom is -0.317 e. The minimum atomic E-state index is -0.846. The van der Waals surface area contributed by atoms with Crippen molar-refractivity contribution >= 4 is 23.9 Å². The molecular formula is C15H10FN3O3. The van der Waals surface area contributed by atoms with Crippen LogP contribution in [0, 0.1) is 5.82 Å². The second-order valence-corrected chi connectivity index (χ2v) is 4.57. The number of halogens is 1. The average Bonchev–Trinajstić information content (AvgIpc) is 2.92. The summed E-state index contributed by atoms with van der Waals surface area (Å²) in [5.74, 6) is -1.89. The van der Waals surface area contributed by atoms with Crippen LogP contribution in [-0.2, 0) is 9.59 Å². The molecule has 7 heteroatoms. The predicted molar refractivity (Wildman–Crippen MR) is 75.4 cm³/mol. The highest BCUT2D eigenvalue weighted by Crippen LogP contribution is 2.17. The van der Waals surface area contributed by atoms with Crippen molar-refractivity contribution in [2.24, 2.45) is 0 Å². The Morgan fingerprint density at radius 1 is 0.955 bits per heavy atom. The second-order valence-electron chi connectivity index (χ2n) is 4.57. The number of aromatic nitrogens is 1. The van der Waals surface area contributed by atoms with Crippen molar-refractivity contribution < 1.29 is 18.8 Å². The fourth-order valence-corrected chi connectivity index (χ4v) is 2.10. The number of nitrogens with one attached hydrogen (secondary N) is 2. The van der Waals surface area contributed by atoms with Gasteiger partial charge in [-0.3, -0.25) is 20.2 Å². The van der Waals surface area contributed by atoms with Crippen LogP contribution >= 0.6 is 0 Å². The zero-order chi connectivity index (χ0) is 15.7. The SMILES string of the molecule is O=C1NC(=O)C(=Cc2cccn2-c2ccc(F)cc2)C(=O)N1. The lowest BCUT2D eigenvalue weighted by Crippen LogP contribution is -2.51. The van der Waals surface area contributed by atoms with Gasteiger partial charge in [0.25, 0.3) is 11.8 Å². The summed E-state index contributed by atoms with van der Waals surface area (Å²) in [5, 5.41) is 4.00. The first-order valence-electron chi connectivity index (χ1n) is 6.36. The van der Waals surface area contributed by atoms with Crippen molar-refractivity contribution in [1.82, 2.24) is 15.2 Å². The monoisotopic (exact) mass is 299 g/mol. The van der Waals surface area contributed by atoms with Crippen LogP contribution in [-0.4, -0.2) is 22.4 Å². The van der Waals surface area contributed by atoms with Gasteiger partial charge in [-0.05, 0) is 42.5 Å². The first-order chi connectivity index (χ1) is 10.5. The van der Waals surface area contributed by atoms with Gasteiger partial charge in [0.05, 0.1) is 0 Å². The third-order valence-electron chi connectivity index (χ3n) is 3.12. The fourth-order valence-electron chi connectivity index (χ4n) is 2.10. The second kappa shape index (κ2) is 5.28. The number of imide groups is 2. The normalized spacial score (nSPS) is 14.6. The molecule has 0 spiro atoms. The molecule has 1 aliphatic rings. The number of benzene rings is 1. The molecule has 1 aromatic carbocycles. The number of rotatable bonds is 2. The summed E-state index contributed by atoms with van der Waals surface area (Å²) >= 11 is 0. The third kappa shape index (κ3) is 2.51. The summed E-state index contributed by atoms with van der Waals surface area (Å²) in [6, 6.07) is 8.33. The molecule has 0 saturated carbocycles.